The van der Waals surface area contributed by atoms with Gasteiger partial charge in [0.15, 0.2) is 0 Å². The highest BCUT2D eigenvalue weighted by atomic mass is 15.1. The summed E-state index contributed by atoms with van der Waals surface area (Å²) in [4.78, 5) is 0. The molecule has 0 saturated carbocycles. The molecule has 1 aromatic heterocycles. The lowest BCUT2D eigenvalue weighted by atomic mass is 10.0. The maximum Gasteiger partial charge on any atom is 0.256 e. The van der Waals surface area contributed by atoms with Gasteiger partial charge in [-0.25, -0.2) is 9.13 Å². The fourth-order valence-corrected chi connectivity index (χ4v) is 5.24. The highest BCUT2D eigenvalue weighted by Crippen LogP contribution is 2.14. The molecule has 0 saturated heterocycles. The van der Waals surface area contributed by atoms with Crippen molar-refractivity contribution >= 4 is 0 Å². The van der Waals surface area contributed by atoms with E-state index in [0.29, 0.717) is 0 Å². The normalized spacial score (nSPS) is 11.5. The molecule has 0 radical (unpaired) electrons. The molecule has 1 aromatic rings. The van der Waals surface area contributed by atoms with Crippen LogP contribution in [0.5, 0.6) is 0 Å². The van der Waals surface area contributed by atoms with Gasteiger partial charge in [0.05, 0.1) is 13.1 Å². The van der Waals surface area contributed by atoms with Crippen molar-refractivity contribution < 1.29 is 4.57 Å². The smallest absolute Gasteiger partial charge is 0.234 e. The third kappa shape index (κ3) is 16.8. The SMILES string of the molecule is CCCCCCCCCCCCCCCCCCCn1cc[n+](CCCCCC)c1CCCC. The standard InChI is InChI=1S/C32H63N2/c1-4-7-10-12-13-14-15-16-17-18-19-20-21-22-23-24-26-29-34-31-30-33(28-25-11-8-5-2)32(34)27-9-6-3/h30-31H,4-29H2,1-3H3/q+1. The molecule has 0 aromatic carbocycles. The first-order valence-corrected chi connectivity index (χ1v) is 15.9. The van der Waals surface area contributed by atoms with Crippen LogP contribution in [0, 0.1) is 0 Å². The Balaban J connectivity index is 2.00. The van der Waals surface area contributed by atoms with E-state index in [0.717, 1.165) is 0 Å². The monoisotopic (exact) mass is 475 g/mol. The Bertz CT molecular complexity index is 533. The van der Waals surface area contributed by atoms with Gasteiger partial charge in [0.25, 0.3) is 5.82 Å². The van der Waals surface area contributed by atoms with Crippen LogP contribution >= 0.6 is 0 Å². The largest absolute Gasteiger partial charge is 0.256 e. The number of hydrogen-bond donors (Lipinski definition) is 0. The quantitative estimate of drug-likeness (QED) is 0.0930. The average molecular weight is 476 g/mol. The molecule has 0 aliphatic heterocycles. The molecule has 0 N–H and O–H groups in total. The molecule has 34 heavy (non-hydrogen) atoms. The van der Waals surface area contributed by atoms with Gasteiger partial charge >= 0.3 is 0 Å². The Morgan fingerprint density at radius 1 is 0.500 bits per heavy atom. The summed E-state index contributed by atoms with van der Waals surface area (Å²) in [5, 5.41) is 0. The molecule has 200 valence electrons. The lowest BCUT2D eigenvalue weighted by Gasteiger charge is -2.06. The molecule has 2 nitrogen and oxygen atoms in total. The predicted molar refractivity (Wildman–Crippen MR) is 152 cm³/mol. The molecule has 0 fully saturated rings. The van der Waals surface area contributed by atoms with E-state index in [-0.39, 0.29) is 0 Å². The summed E-state index contributed by atoms with van der Waals surface area (Å²) >= 11 is 0. The summed E-state index contributed by atoms with van der Waals surface area (Å²) < 4.78 is 5.12. The van der Waals surface area contributed by atoms with E-state index in [4.69, 9.17) is 0 Å². The first-order chi connectivity index (χ1) is 16.8. The predicted octanol–water partition coefficient (Wildman–Crippen LogP) is 10.4. The molecule has 0 spiro atoms. The molecule has 0 aliphatic rings. The Hall–Kier alpha value is -0.790. The van der Waals surface area contributed by atoms with Crippen LogP contribution in [0.25, 0.3) is 0 Å². The fourth-order valence-electron chi connectivity index (χ4n) is 5.24. The number of rotatable bonds is 26. The fraction of sp³-hybridized carbons (Fsp3) is 0.906. The molecule has 2 heteroatoms. The summed E-state index contributed by atoms with van der Waals surface area (Å²) in [6.07, 6.45) is 38.6. The number of nitrogens with zero attached hydrogens (tertiary/aromatic N) is 2. The van der Waals surface area contributed by atoms with Crippen LogP contribution in [-0.2, 0) is 19.5 Å². The van der Waals surface area contributed by atoms with Gasteiger partial charge in [0, 0.05) is 6.42 Å². The van der Waals surface area contributed by atoms with E-state index < -0.39 is 0 Å². The summed E-state index contributed by atoms with van der Waals surface area (Å²) in [6.45, 7) is 9.36. The second kappa shape index (κ2) is 23.9. The van der Waals surface area contributed by atoms with E-state index in [2.05, 4.69) is 42.3 Å². The highest BCUT2D eigenvalue weighted by Gasteiger charge is 2.16. The Morgan fingerprint density at radius 3 is 1.38 bits per heavy atom. The highest BCUT2D eigenvalue weighted by molar-refractivity contribution is 4.84. The third-order valence-electron chi connectivity index (χ3n) is 7.60. The number of aryl methyl sites for hydroxylation is 2. The Labute approximate surface area is 215 Å². The topological polar surface area (TPSA) is 8.81 Å². The van der Waals surface area contributed by atoms with Crippen LogP contribution in [0.4, 0.5) is 0 Å². The lowest BCUT2D eigenvalue weighted by molar-refractivity contribution is -0.704. The van der Waals surface area contributed by atoms with Crippen molar-refractivity contribution in [2.75, 3.05) is 0 Å². The molecule has 0 unspecified atom stereocenters. The van der Waals surface area contributed by atoms with Crippen molar-refractivity contribution in [1.82, 2.24) is 4.57 Å². The molecular weight excluding hydrogens is 412 g/mol. The average Bonchev–Trinajstić information content (AvgIpc) is 3.23. The zero-order valence-corrected chi connectivity index (χ0v) is 23.9. The van der Waals surface area contributed by atoms with Gasteiger partial charge in [-0.3, -0.25) is 0 Å². The van der Waals surface area contributed by atoms with Crippen LogP contribution < -0.4 is 4.57 Å². The van der Waals surface area contributed by atoms with Gasteiger partial charge in [-0.1, -0.05) is 136 Å². The number of aromatic nitrogens is 2. The minimum atomic E-state index is 1.21. The summed E-state index contributed by atoms with van der Waals surface area (Å²) in [5.41, 5.74) is 0. The summed E-state index contributed by atoms with van der Waals surface area (Å²) in [5.74, 6) is 1.58. The van der Waals surface area contributed by atoms with Crippen molar-refractivity contribution in [1.29, 1.82) is 0 Å². The molecule has 0 aliphatic carbocycles. The maximum absolute atomic E-state index is 2.57. The first kappa shape index (κ1) is 31.2. The minimum Gasteiger partial charge on any atom is -0.234 e. The van der Waals surface area contributed by atoms with Crippen LogP contribution in [0.1, 0.15) is 174 Å². The van der Waals surface area contributed by atoms with Gasteiger partial charge < -0.3 is 0 Å². The molecule has 0 amide bonds. The minimum absolute atomic E-state index is 1.21. The zero-order chi connectivity index (χ0) is 24.5. The number of imidazole rings is 1. The van der Waals surface area contributed by atoms with Crippen molar-refractivity contribution in [3.8, 4) is 0 Å². The van der Waals surface area contributed by atoms with Crippen molar-refractivity contribution in [2.24, 2.45) is 0 Å². The van der Waals surface area contributed by atoms with Crippen molar-refractivity contribution in [2.45, 2.75) is 188 Å². The van der Waals surface area contributed by atoms with E-state index in [1.54, 1.807) is 5.82 Å². The van der Waals surface area contributed by atoms with Crippen molar-refractivity contribution in [3.05, 3.63) is 18.2 Å². The van der Waals surface area contributed by atoms with E-state index >= 15 is 0 Å². The first-order valence-electron chi connectivity index (χ1n) is 15.9. The van der Waals surface area contributed by atoms with Gasteiger partial charge in [-0.15, -0.1) is 0 Å². The van der Waals surface area contributed by atoms with Crippen LogP contribution in [0.15, 0.2) is 12.4 Å². The number of unbranched alkanes of at least 4 members (excludes halogenated alkanes) is 20. The van der Waals surface area contributed by atoms with Crippen molar-refractivity contribution in [3.63, 3.8) is 0 Å². The molecule has 1 rings (SSSR count). The second-order valence-corrected chi connectivity index (χ2v) is 10.9. The van der Waals surface area contributed by atoms with Gasteiger partial charge in [0.2, 0.25) is 0 Å². The molecule has 0 bridgehead atoms. The third-order valence-corrected chi connectivity index (χ3v) is 7.60. The molecular formula is C32H63N2+. The summed E-state index contributed by atoms with van der Waals surface area (Å²) in [6, 6.07) is 0. The van der Waals surface area contributed by atoms with E-state index in [9.17, 15) is 0 Å². The molecule has 1 heterocycles. The van der Waals surface area contributed by atoms with E-state index in [1.807, 2.05) is 0 Å². The van der Waals surface area contributed by atoms with Gasteiger partial charge in [0.1, 0.15) is 12.4 Å². The van der Waals surface area contributed by atoms with Crippen LogP contribution in [0.2, 0.25) is 0 Å². The Morgan fingerprint density at radius 2 is 0.912 bits per heavy atom. The van der Waals surface area contributed by atoms with Crippen LogP contribution in [-0.4, -0.2) is 4.57 Å². The summed E-state index contributed by atoms with van der Waals surface area (Å²) in [7, 11) is 0. The van der Waals surface area contributed by atoms with E-state index in [1.165, 1.54) is 167 Å². The number of hydrogen-bond acceptors (Lipinski definition) is 0. The lowest BCUT2D eigenvalue weighted by Crippen LogP contribution is -2.37. The molecule has 0 atom stereocenters. The zero-order valence-electron chi connectivity index (χ0n) is 23.9. The van der Waals surface area contributed by atoms with Gasteiger partial charge in [-0.2, -0.15) is 0 Å². The Kier molecular flexibility index (Phi) is 22.0. The van der Waals surface area contributed by atoms with Crippen LogP contribution in [0.3, 0.4) is 0 Å². The van der Waals surface area contributed by atoms with Gasteiger partial charge in [-0.05, 0) is 32.1 Å². The second-order valence-electron chi connectivity index (χ2n) is 10.9. The maximum atomic E-state index is 2.57.